The molecule has 0 radical (unpaired) electrons. The van der Waals surface area contributed by atoms with Crippen molar-refractivity contribution in [3.63, 3.8) is 0 Å². The molecule has 1 atom stereocenters. The van der Waals surface area contributed by atoms with Crippen LogP contribution in [0.4, 0.5) is 5.69 Å². The van der Waals surface area contributed by atoms with Gasteiger partial charge >= 0.3 is 0 Å². The Morgan fingerprint density at radius 2 is 2.11 bits per heavy atom. The highest BCUT2D eigenvalue weighted by molar-refractivity contribution is 7.87. The van der Waals surface area contributed by atoms with Crippen LogP contribution in [0.15, 0.2) is 22.5 Å². The summed E-state index contributed by atoms with van der Waals surface area (Å²) >= 11 is 1.48. The first-order valence-electron chi connectivity index (χ1n) is 5.90. The summed E-state index contributed by atoms with van der Waals surface area (Å²) in [4.78, 5) is 4.42. The summed E-state index contributed by atoms with van der Waals surface area (Å²) in [5.74, 6) is 0.665. The Bertz CT molecular complexity index is 584. The second-order valence-corrected chi connectivity index (χ2v) is 8.34. The van der Waals surface area contributed by atoms with Crippen molar-refractivity contribution in [2.75, 3.05) is 11.5 Å². The molecule has 1 aromatic heterocycles. The predicted molar refractivity (Wildman–Crippen MR) is 79.4 cm³/mol. The smallest absolute Gasteiger partial charge is 0.181 e. The molecule has 1 unspecified atom stereocenters. The van der Waals surface area contributed by atoms with E-state index >= 15 is 0 Å². The molecule has 0 bridgehead atoms. The molecule has 18 heavy (non-hydrogen) atoms. The van der Waals surface area contributed by atoms with E-state index < -0.39 is 10.8 Å². The zero-order valence-electron chi connectivity index (χ0n) is 10.9. The van der Waals surface area contributed by atoms with E-state index in [9.17, 15) is 4.21 Å². The standard InChI is InChI=1S/C13H18N2OS2/c1-13(2,3)6-7-18(16)12-15-10-5-4-9(14)8-11(10)17-12/h4-5,8H,6-7,14H2,1-3H3. The minimum atomic E-state index is -1.00. The van der Waals surface area contributed by atoms with Gasteiger partial charge in [0.1, 0.15) is 0 Å². The van der Waals surface area contributed by atoms with Gasteiger partial charge in [-0.25, -0.2) is 4.98 Å². The number of nitrogen functional groups attached to an aromatic ring is 1. The van der Waals surface area contributed by atoms with Crippen molar-refractivity contribution in [2.45, 2.75) is 31.5 Å². The van der Waals surface area contributed by atoms with Gasteiger partial charge in [-0.05, 0) is 30.0 Å². The maximum atomic E-state index is 12.2. The third-order valence-corrected chi connectivity index (χ3v) is 5.30. The van der Waals surface area contributed by atoms with Gasteiger partial charge in [0.05, 0.1) is 21.0 Å². The van der Waals surface area contributed by atoms with Gasteiger partial charge in [0.25, 0.3) is 0 Å². The summed E-state index contributed by atoms with van der Waals surface area (Å²) < 4.78 is 13.9. The third-order valence-electron chi connectivity index (χ3n) is 2.63. The molecule has 0 saturated heterocycles. The van der Waals surface area contributed by atoms with E-state index in [0.717, 1.165) is 22.3 Å². The van der Waals surface area contributed by atoms with Crippen molar-refractivity contribution < 1.29 is 4.21 Å². The van der Waals surface area contributed by atoms with Gasteiger partial charge in [-0.3, -0.25) is 4.21 Å². The van der Waals surface area contributed by atoms with Crippen molar-refractivity contribution >= 4 is 38.0 Å². The molecule has 2 N–H and O–H groups in total. The fourth-order valence-corrected chi connectivity index (χ4v) is 4.31. The van der Waals surface area contributed by atoms with Crippen LogP contribution >= 0.6 is 11.3 Å². The van der Waals surface area contributed by atoms with Crippen molar-refractivity contribution in [2.24, 2.45) is 5.41 Å². The van der Waals surface area contributed by atoms with Crippen LogP contribution in [-0.2, 0) is 10.8 Å². The van der Waals surface area contributed by atoms with Gasteiger partial charge in [-0.1, -0.05) is 20.8 Å². The lowest BCUT2D eigenvalue weighted by Gasteiger charge is -2.16. The fraction of sp³-hybridized carbons (Fsp3) is 0.462. The molecule has 0 aliphatic rings. The first-order valence-corrected chi connectivity index (χ1v) is 8.03. The number of aromatic nitrogens is 1. The van der Waals surface area contributed by atoms with Gasteiger partial charge in [0.2, 0.25) is 0 Å². The van der Waals surface area contributed by atoms with Crippen molar-refractivity contribution in [3.05, 3.63) is 18.2 Å². The number of anilines is 1. The zero-order valence-corrected chi connectivity index (χ0v) is 12.5. The van der Waals surface area contributed by atoms with Crippen molar-refractivity contribution in [3.8, 4) is 0 Å². The Morgan fingerprint density at radius 1 is 1.39 bits per heavy atom. The molecule has 0 aliphatic carbocycles. The van der Waals surface area contributed by atoms with E-state index in [2.05, 4.69) is 25.8 Å². The molecule has 98 valence electrons. The zero-order chi connectivity index (χ0) is 13.3. The lowest BCUT2D eigenvalue weighted by Crippen LogP contribution is -2.10. The molecular formula is C13H18N2OS2. The summed E-state index contributed by atoms with van der Waals surface area (Å²) in [6, 6.07) is 5.59. The quantitative estimate of drug-likeness (QED) is 0.878. The highest BCUT2D eigenvalue weighted by atomic mass is 32.2. The minimum Gasteiger partial charge on any atom is -0.399 e. The predicted octanol–water partition coefficient (Wildman–Crippen LogP) is 3.42. The SMILES string of the molecule is CC(C)(C)CCS(=O)c1nc2ccc(N)cc2s1. The number of rotatable bonds is 3. The fourth-order valence-electron chi connectivity index (χ4n) is 1.50. The molecule has 1 heterocycles. The molecule has 0 saturated carbocycles. The van der Waals surface area contributed by atoms with E-state index in [-0.39, 0.29) is 5.41 Å². The number of hydrogen-bond donors (Lipinski definition) is 1. The van der Waals surface area contributed by atoms with E-state index in [4.69, 9.17) is 5.73 Å². The molecule has 0 amide bonds. The molecular weight excluding hydrogens is 264 g/mol. The summed E-state index contributed by atoms with van der Waals surface area (Å²) in [5, 5.41) is 0. The number of benzene rings is 1. The van der Waals surface area contributed by atoms with Crippen LogP contribution < -0.4 is 5.73 Å². The molecule has 5 heteroatoms. The first kappa shape index (κ1) is 13.5. The third kappa shape index (κ3) is 3.29. The largest absolute Gasteiger partial charge is 0.399 e. The maximum absolute atomic E-state index is 12.2. The summed E-state index contributed by atoms with van der Waals surface area (Å²) in [6.45, 7) is 6.47. The Labute approximate surface area is 114 Å². The average Bonchev–Trinajstić information content (AvgIpc) is 2.67. The second-order valence-electron chi connectivity index (χ2n) is 5.57. The van der Waals surface area contributed by atoms with Crippen molar-refractivity contribution in [1.29, 1.82) is 0 Å². The average molecular weight is 282 g/mol. The molecule has 2 aromatic rings. The maximum Gasteiger partial charge on any atom is 0.181 e. The van der Waals surface area contributed by atoms with E-state index in [1.807, 2.05) is 18.2 Å². The molecule has 0 aliphatic heterocycles. The van der Waals surface area contributed by atoms with Gasteiger partial charge in [0, 0.05) is 11.4 Å². The number of hydrogen-bond acceptors (Lipinski definition) is 4. The highest BCUT2D eigenvalue weighted by Crippen LogP contribution is 2.27. The van der Waals surface area contributed by atoms with E-state index in [0.29, 0.717) is 10.1 Å². The number of nitrogens with zero attached hydrogens (tertiary/aromatic N) is 1. The first-order chi connectivity index (χ1) is 8.35. The van der Waals surface area contributed by atoms with Crippen LogP contribution in [0.2, 0.25) is 0 Å². The van der Waals surface area contributed by atoms with Gasteiger partial charge < -0.3 is 5.73 Å². The van der Waals surface area contributed by atoms with E-state index in [1.165, 1.54) is 11.3 Å². The van der Waals surface area contributed by atoms with Gasteiger partial charge in [-0.15, -0.1) is 11.3 Å². The van der Waals surface area contributed by atoms with E-state index in [1.54, 1.807) is 0 Å². The lowest BCUT2D eigenvalue weighted by molar-refractivity contribution is 0.400. The molecule has 2 rings (SSSR count). The van der Waals surface area contributed by atoms with Gasteiger partial charge in [-0.2, -0.15) is 0 Å². The van der Waals surface area contributed by atoms with Crippen LogP contribution in [0, 0.1) is 5.41 Å². The van der Waals surface area contributed by atoms with Crippen LogP contribution in [0.25, 0.3) is 10.2 Å². The number of nitrogens with two attached hydrogens (primary N) is 1. The summed E-state index contributed by atoms with van der Waals surface area (Å²) in [7, 11) is -1.00. The summed E-state index contributed by atoms with van der Waals surface area (Å²) in [5.41, 5.74) is 7.54. The van der Waals surface area contributed by atoms with Crippen molar-refractivity contribution in [1.82, 2.24) is 4.98 Å². The summed E-state index contributed by atoms with van der Waals surface area (Å²) in [6.07, 6.45) is 0.928. The Balaban J connectivity index is 2.18. The van der Waals surface area contributed by atoms with Crippen LogP contribution in [0.3, 0.4) is 0 Å². The van der Waals surface area contributed by atoms with Crippen LogP contribution in [-0.4, -0.2) is 14.9 Å². The Kier molecular flexibility index (Phi) is 3.73. The molecule has 0 fully saturated rings. The topological polar surface area (TPSA) is 56.0 Å². The Hall–Kier alpha value is -0.940. The molecule has 0 spiro atoms. The second kappa shape index (κ2) is 4.97. The molecule has 1 aromatic carbocycles. The highest BCUT2D eigenvalue weighted by Gasteiger charge is 2.16. The van der Waals surface area contributed by atoms with Crippen LogP contribution in [0.1, 0.15) is 27.2 Å². The monoisotopic (exact) mass is 282 g/mol. The van der Waals surface area contributed by atoms with Crippen LogP contribution in [0.5, 0.6) is 0 Å². The minimum absolute atomic E-state index is 0.205. The van der Waals surface area contributed by atoms with Gasteiger partial charge in [0.15, 0.2) is 4.34 Å². The Morgan fingerprint density at radius 3 is 2.78 bits per heavy atom. The normalized spacial score (nSPS) is 13.9. The lowest BCUT2D eigenvalue weighted by atomic mass is 9.94. The number of thiazole rings is 1. The number of fused-ring (bicyclic) bond motifs is 1. The molecule has 3 nitrogen and oxygen atoms in total.